The minimum absolute atomic E-state index is 0.0892. The first-order valence-corrected chi connectivity index (χ1v) is 10.7. The Balaban J connectivity index is 1.54. The average molecular weight is 406 g/mol. The predicted molar refractivity (Wildman–Crippen MR) is 115 cm³/mol. The monoisotopic (exact) mass is 405 g/mol. The van der Waals surface area contributed by atoms with Gasteiger partial charge in [-0.05, 0) is 38.3 Å². The number of fused-ring (bicyclic) bond motifs is 2. The van der Waals surface area contributed by atoms with Crippen LogP contribution in [0.2, 0.25) is 0 Å². The molecule has 2 aliphatic rings. The van der Waals surface area contributed by atoms with Crippen LogP contribution in [0.5, 0.6) is 0 Å². The van der Waals surface area contributed by atoms with Crippen LogP contribution in [0.15, 0.2) is 30.5 Å². The van der Waals surface area contributed by atoms with Crippen LogP contribution in [0.4, 0.5) is 5.69 Å². The molecule has 1 fully saturated rings. The fourth-order valence-corrected chi connectivity index (χ4v) is 4.51. The summed E-state index contributed by atoms with van der Waals surface area (Å²) < 4.78 is 7.46. The quantitative estimate of drug-likeness (QED) is 0.703. The molecule has 5 rings (SSSR count). The molecule has 1 aromatic carbocycles. The molecule has 0 spiro atoms. The first-order chi connectivity index (χ1) is 14.7. The van der Waals surface area contributed by atoms with Gasteiger partial charge in [0.05, 0.1) is 23.8 Å². The van der Waals surface area contributed by atoms with Gasteiger partial charge in [-0.1, -0.05) is 18.2 Å². The van der Waals surface area contributed by atoms with Crippen molar-refractivity contribution >= 4 is 22.6 Å². The molecule has 0 bridgehead atoms. The Bertz CT molecular complexity index is 1100. The largest absolute Gasteiger partial charge is 0.381 e. The summed E-state index contributed by atoms with van der Waals surface area (Å²) >= 11 is 0. The Morgan fingerprint density at radius 3 is 2.80 bits per heavy atom. The van der Waals surface area contributed by atoms with E-state index in [4.69, 9.17) is 9.72 Å². The minimum atomic E-state index is 0.0892. The summed E-state index contributed by atoms with van der Waals surface area (Å²) in [6.07, 6.45) is 3.84. The molecule has 1 saturated heterocycles. The Morgan fingerprint density at radius 1 is 1.23 bits per heavy atom. The summed E-state index contributed by atoms with van der Waals surface area (Å²) in [5.74, 6) is 0.0892. The first kappa shape index (κ1) is 19.1. The molecule has 7 nitrogen and oxygen atoms in total. The highest BCUT2D eigenvalue weighted by atomic mass is 16.5. The van der Waals surface area contributed by atoms with Crippen molar-refractivity contribution < 1.29 is 9.53 Å². The summed E-state index contributed by atoms with van der Waals surface area (Å²) in [5.41, 5.74) is 5.87. The SMILES string of the molecule is CCn1ncc2c(NC3CCOCC3)c(CN3Cc4ccccc4C3=O)c(C)nc21. The molecule has 0 saturated carbocycles. The number of aromatic nitrogens is 3. The third kappa shape index (κ3) is 3.23. The fourth-order valence-electron chi connectivity index (χ4n) is 4.51. The normalized spacial score (nSPS) is 17.0. The fraction of sp³-hybridized carbons (Fsp3) is 0.435. The van der Waals surface area contributed by atoms with Gasteiger partial charge in [-0.3, -0.25) is 4.79 Å². The summed E-state index contributed by atoms with van der Waals surface area (Å²) in [5, 5.41) is 9.33. The van der Waals surface area contributed by atoms with Gasteiger partial charge in [0, 0.05) is 49.2 Å². The number of carbonyl (C=O) groups is 1. The van der Waals surface area contributed by atoms with Gasteiger partial charge in [0.2, 0.25) is 0 Å². The lowest BCUT2D eigenvalue weighted by Crippen LogP contribution is -2.30. The zero-order valence-corrected chi connectivity index (χ0v) is 17.5. The molecular formula is C23H27N5O2. The van der Waals surface area contributed by atoms with E-state index in [2.05, 4.69) is 17.3 Å². The molecule has 7 heteroatoms. The third-order valence-corrected chi connectivity index (χ3v) is 6.21. The standard InChI is InChI=1S/C23H27N5O2/c1-3-28-22-19(12-24-28)21(26-17-8-10-30-11-9-17)20(15(2)25-22)14-27-13-16-6-4-5-7-18(16)23(27)29/h4-7,12,17H,3,8-11,13-14H2,1-2H3,(H,25,26). The van der Waals surface area contributed by atoms with E-state index in [0.717, 1.165) is 71.7 Å². The van der Waals surface area contributed by atoms with Crippen LogP contribution >= 0.6 is 0 Å². The molecule has 3 aromatic rings. The zero-order valence-electron chi connectivity index (χ0n) is 17.5. The summed E-state index contributed by atoms with van der Waals surface area (Å²) in [6.45, 7) is 7.59. The number of ether oxygens (including phenoxy) is 1. The number of benzene rings is 1. The van der Waals surface area contributed by atoms with Gasteiger partial charge in [-0.25, -0.2) is 9.67 Å². The molecule has 156 valence electrons. The van der Waals surface area contributed by atoms with Gasteiger partial charge in [0.15, 0.2) is 5.65 Å². The van der Waals surface area contributed by atoms with Crippen LogP contribution < -0.4 is 5.32 Å². The van der Waals surface area contributed by atoms with Crippen molar-refractivity contribution in [2.24, 2.45) is 0 Å². The topological polar surface area (TPSA) is 72.3 Å². The highest BCUT2D eigenvalue weighted by Gasteiger charge is 2.29. The summed E-state index contributed by atoms with van der Waals surface area (Å²) in [6, 6.07) is 8.22. The number of hydrogen-bond acceptors (Lipinski definition) is 5. The Morgan fingerprint density at radius 2 is 2.03 bits per heavy atom. The Kier molecular flexibility index (Phi) is 4.90. The van der Waals surface area contributed by atoms with Crippen molar-refractivity contribution in [1.82, 2.24) is 19.7 Å². The average Bonchev–Trinajstić information content (AvgIpc) is 3.32. The van der Waals surface area contributed by atoms with Gasteiger partial charge in [-0.15, -0.1) is 0 Å². The highest BCUT2D eigenvalue weighted by Crippen LogP contribution is 2.33. The molecule has 30 heavy (non-hydrogen) atoms. The molecular weight excluding hydrogens is 378 g/mol. The minimum Gasteiger partial charge on any atom is -0.381 e. The van der Waals surface area contributed by atoms with E-state index in [9.17, 15) is 4.79 Å². The van der Waals surface area contributed by atoms with E-state index in [1.165, 1.54) is 0 Å². The third-order valence-electron chi connectivity index (χ3n) is 6.21. The van der Waals surface area contributed by atoms with Crippen molar-refractivity contribution in [2.75, 3.05) is 18.5 Å². The number of nitrogens with one attached hydrogen (secondary N) is 1. The van der Waals surface area contributed by atoms with Crippen LogP contribution in [0.3, 0.4) is 0 Å². The zero-order chi connectivity index (χ0) is 20.7. The number of amides is 1. The maximum atomic E-state index is 13.0. The number of nitrogens with zero attached hydrogens (tertiary/aromatic N) is 4. The predicted octanol–water partition coefficient (Wildman–Crippen LogP) is 3.51. The van der Waals surface area contributed by atoms with Crippen LogP contribution in [-0.2, 0) is 24.4 Å². The molecule has 0 aliphatic carbocycles. The lowest BCUT2D eigenvalue weighted by Gasteiger charge is -2.27. The molecule has 0 radical (unpaired) electrons. The number of rotatable bonds is 5. The molecule has 2 aliphatic heterocycles. The van der Waals surface area contributed by atoms with E-state index in [1.54, 1.807) is 0 Å². The summed E-state index contributed by atoms with van der Waals surface area (Å²) in [4.78, 5) is 19.8. The molecule has 2 aromatic heterocycles. The molecule has 1 N–H and O–H groups in total. The van der Waals surface area contributed by atoms with Crippen molar-refractivity contribution in [3.8, 4) is 0 Å². The van der Waals surface area contributed by atoms with Crippen LogP contribution in [0, 0.1) is 6.92 Å². The Labute approximate surface area is 176 Å². The smallest absolute Gasteiger partial charge is 0.254 e. The number of hydrogen-bond donors (Lipinski definition) is 1. The van der Waals surface area contributed by atoms with Crippen LogP contribution in [-0.4, -0.2) is 44.8 Å². The maximum absolute atomic E-state index is 13.0. The van der Waals surface area contributed by atoms with E-state index >= 15 is 0 Å². The van der Waals surface area contributed by atoms with Crippen molar-refractivity contribution in [3.63, 3.8) is 0 Å². The number of aryl methyl sites for hydroxylation is 2. The van der Waals surface area contributed by atoms with Crippen LogP contribution in [0.25, 0.3) is 11.0 Å². The molecule has 0 unspecified atom stereocenters. The lowest BCUT2D eigenvalue weighted by molar-refractivity contribution is 0.0766. The second-order valence-electron chi connectivity index (χ2n) is 8.10. The van der Waals surface area contributed by atoms with Gasteiger partial charge < -0.3 is 15.0 Å². The van der Waals surface area contributed by atoms with Crippen LogP contribution in [0.1, 0.15) is 46.9 Å². The molecule has 4 heterocycles. The van der Waals surface area contributed by atoms with Crippen molar-refractivity contribution in [3.05, 3.63) is 52.8 Å². The summed E-state index contributed by atoms with van der Waals surface area (Å²) in [7, 11) is 0. The van der Waals surface area contributed by atoms with E-state index < -0.39 is 0 Å². The van der Waals surface area contributed by atoms with Gasteiger partial charge in [0.25, 0.3) is 5.91 Å². The van der Waals surface area contributed by atoms with E-state index in [-0.39, 0.29) is 5.91 Å². The Hall–Kier alpha value is -2.93. The number of carbonyl (C=O) groups excluding carboxylic acids is 1. The number of anilines is 1. The molecule has 0 atom stereocenters. The van der Waals surface area contributed by atoms with E-state index in [0.29, 0.717) is 19.1 Å². The maximum Gasteiger partial charge on any atom is 0.254 e. The van der Waals surface area contributed by atoms with Gasteiger partial charge in [-0.2, -0.15) is 5.10 Å². The van der Waals surface area contributed by atoms with Gasteiger partial charge in [0.1, 0.15) is 0 Å². The van der Waals surface area contributed by atoms with Crippen molar-refractivity contribution in [1.29, 1.82) is 0 Å². The second-order valence-corrected chi connectivity index (χ2v) is 8.10. The highest BCUT2D eigenvalue weighted by molar-refractivity contribution is 5.98. The number of pyridine rings is 1. The molecule has 1 amide bonds. The van der Waals surface area contributed by atoms with E-state index in [1.807, 2.05) is 47.0 Å². The lowest BCUT2D eigenvalue weighted by atomic mass is 10.0. The second kappa shape index (κ2) is 7.72. The van der Waals surface area contributed by atoms with Crippen molar-refractivity contribution in [2.45, 2.75) is 52.4 Å². The first-order valence-electron chi connectivity index (χ1n) is 10.7. The van der Waals surface area contributed by atoms with Gasteiger partial charge >= 0.3 is 0 Å².